The number of nitrogens with one attached hydrogen (secondary N) is 1. The molecule has 0 aliphatic carbocycles. The van der Waals surface area contributed by atoms with Crippen LogP contribution in [0.1, 0.15) is 12.5 Å². The lowest BCUT2D eigenvalue weighted by Crippen LogP contribution is -2.31. The van der Waals surface area contributed by atoms with E-state index in [9.17, 15) is 13.2 Å². The van der Waals surface area contributed by atoms with Crippen LogP contribution in [0, 0.1) is 0 Å². The van der Waals surface area contributed by atoms with Crippen LogP contribution in [0.3, 0.4) is 0 Å². The number of amides is 1. The second kappa shape index (κ2) is 9.21. The fourth-order valence-corrected chi connectivity index (χ4v) is 4.53. The molecule has 6 heteroatoms. The van der Waals surface area contributed by atoms with Gasteiger partial charge in [-0.25, -0.2) is 8.42 Å². The number of para-hydroxylation sites is 2. The van der Waals surface area contributed by atoms with E-state index in [1.54, 1.807) is 55.5 Å². The minimum atomic E-state index is -3.85. The lowest BCUT2D eigenvalue weighted by Gasteiger charge is -2.24. The molecular weight excluding hydrogens is 384 g/mol. The molecule has 0 spiro atoms. The number of sulfonamides is 1. The molecule has 0 radical (unpaired) electrons. The number of nitrogens with zero attached hydrogens (tertiary/aromatic N) is 1. The Hall–Kier alpha value is -3.38. The maximum Gasteiger partial charge on any atom is 0.266 e. The summed E-state index contributed by atoms with van der Waals surface area (Å²) in [4.78, 5) is 12.4. The van der Waals surface area contributed by atoms with Crippen molar-refractivity contribution < 1.29 is 13.2 Å². The van der Waals surface area contributed by atoms with Crippen LogP contribution >= 0.6 is 0 Å². The topological polar surface area (TPSA) is 66.5 Å². The van der Waals surface area contributed by atoms with Gasteiger partial charge in [-0.05, 0) is 42.8 Å². The van der Waals surface area contributed by atoms with Gasteiger partial charge in [-0.3, -0.25) is 9.10 Å². The molecule has 29 heavy (non-hydrogen) atoms. The Morgan fingerprint density at radius 3 is 2.14 bits per heavy atom. The van der Waals surface area contributed by atoms with Crippen molar-refractivity contribution in [1.82, 2.24) is 0 Å². The number of hydrogen-bond acceptors (Lipinski definition) is 3. The summed E-state index contributed by atoms with van der Waals surface area (Å²) >= 11 is 0. The van der Waals surface area contributed by atoms with Crippen LogP contribution in [-0.4, -0.2) is 20.9 Å². The van der Waals surface area contributed by atoms with Crippen molar-refractivity contribution in [3.63, 3.8) is 0 Å². The van der Waals surface area contributed by atoms with Crippen molar-refractivity contribution >= 4 is 33.4 Å². The predicted molar refractivity (Wildman–Crippen MR) is 117 cm³/mol. The minimum absolute atomic E-state index is 0.0483. The van der Waals surface area contributed by atoms with Crippen molar-refractivity contribution in [3.8, 4) is 0 Å². The zero-order valence-corrected chi connectivity index (χ0v) is 16.8. The van der Waals surface area contributed by atoms with Gasteiger partial charge in [0.25, 0.3) is 10.0 Å². The zero-order chi connectivity index (χ0) is 20.7. The van der Waals surface area contributed by atoms with Crippen molar-refractivity contribution in [2.45, 2.75) is 11.8 Å². The van der Waals surface area contributed by atoms with Crippen LogP contribution in [-0.2, 0) is 14.8 Å². The summed E-state index contributed by atoms with van der Waals surface area (Å²) < 4.78 is 27.9. The summed E-state index contributed by atoms with van der Waals surface area (Å²) in [6.45, 7) is 2.04. The predicted octanol–water partition coefficient (Wildman–Crippen LogP) is 4.55. The van der Waals surface area contributed by atoms with Gasteiger partial charge in [0, 0.05) is 12.6 Å². The molecular formula is C23H22N2O3S. The normalized spacial score (nSPS) is 11.3. The third-order valence-corrected chi connectivity index (χ3v) is 6.23. The zero-order valence-electron chi connectivity index (χ0n) is 16.0. The summed E-state index contributed by atoms with van der Waals surface area (Å²) in [5, 5.41) is 2.69. The summed E-state index contributed by atoms with van der Waals surface area (Å²) in [5.74, 6) is -0.403. The second-order valence-electron chi connectivity index (χ2n) is 6.23. The van der Waals surface area contributed by atoms with E-state index in [-0.39, 0.29) is 17.1 Å². The standard InChI is InChI=1S/C23H22N2O3S/c1-2-25(20-13-7-4-8-14-20)29(27,28)22-16-10-9-15-21(22)24-23(26)18-17-19-11-5-3-6-12-19/h3-18H,2H2,1H3,(H,24,26)/b18-17+. The largest absolute Gasteiger partial charge is 0.321 e. The fourth-order valence-electron chi connectivity index (χ4n) is 2.91. The van der Waals surface area contributed by atoms with Gasteiger partial charge >= 0.3 is 0 Å². The van der Waals surface area contributed by atoms with E-state index in [4.69, 9.17) is 0 Å². The molecule has 3 aromatic rings. The highest BCUT2D eigenvalue weighted by molar-refractivity contribution is 7.93. The molecule has 0 aliphatic rings. The molecule has 3 rings (SSSR count). The number of hydrogen-bond donors (Lipinski definition) is 1. The van der Waals surface area contributed by atoms with E-state index in [0.29, 0.717) is 5.69 Å². The molecule has 1 N–H and O–H groups in total. The summed E-state index contributed by atoms with van der Waals surface area (Å²) in [7, 11) is -3.85. The van der Waals surface area contributed by atoms with Crippen LogP contribution in [0.4, 0.5) is 11.4 Å². The third kappa shape index (κ3) is 4.92. The first-order valence-corrected chi connectivity index (χ1v) is 10.7. The minimum Gasteiger partial charge on any atom is -0.321 e. The highest BCUT2D eigenvalue weighted by Gasteiger charge is 2.26. The Bertz CT molecular complexity index is 1100. The van der Waals surface area contributed by atoms with Crippen molar-refractivity contribution in [2.75, 3.05) is 16.2 Å². The Kier molecular flexibility index (Phi) is 6.46. The van der Waals surface area contributed by atoms with Crippen LogP contribution in [0.25, 0.3) is 6.08 Å². The average molecular weight is 407 g/mol. The molecule has 0 bridgehead atoms. The van der Waals surface area contributed by atoms with Gasteiger partial charge in [-0.15, -0.1) is 0 Å². The van der Waals surface area contributed by atoms with Gasteiger partial charge in [0.1, 0.15) is 4.90 Å². The van der Waals surface area contributed by atoms with Gasteiger partial charge in [-0.1, -0.05) is 60.7 Å². The molecule has 0 saturated carbocycles. The van der Waals surface area contributed by atoms with E-state index < -0.39 is 15.9 Å². The SMILES string of the molecule is CCN(c1ccccc1)S(=O)(=O)c1ccccc1NC(=O)/C=C/c1ccccc1. The molecule has 0 fully saturated rings. The molecule has 148 valence electrons. The van der Waals surface area contributed by atoms with Crippen molar-refractivity contribution in [2.24, 2.45) is 0 Å². The molecule has 1 amide bonds. The summed E-state index contributed by atoms with van der Waals surface area (Å²) in [6.07, 6.45) is 3.06. The van der Waals surface area contributed by atoms with Crippen LogP contribution in [0.5, 0.6) is 0 Å². The number of benzene rings is 3. The van der Waals surface area contributed by atoms with Gasteiger partial charge in [-0.2, -0.15) is 0 Å². The Labute approximate surface area is 171 Å². The van der Waals surface area contributed by atoms with E-state index in [1.165, 1.54) is 16.4 Å². The quantitative estimate of drug-likeness (QED) is 0.585. The molecule has 0 unspecified atom stereocenters. The van der Waals surface area contributed by atoms with E-state index in [0.717, 1.165) is 5.56 Å². The lowest BCUT2D eigenvalue weighted by molar-refractivity contribution is -0.111. The first-order chi connectivity index (χ1) is 14.0. The molecule has 0 heterocycles. The Morgan fingerprint density at radius 2 is 1.48 bits per heavy atom. The van der Waals surface area contributed by atoms with Crippen molar-refractivity contribution in [3.05, 3.63) is 96.6 Å². The van der Waals surface area contributed by atoms with Crippen LogP contribution in [0.15, 0.2) is 95.9 Å². The Balaban J connectivity index is 1.88. The number of rotatable bonds is 7. The first kappa shape index (κ1) is 20.4. The Morgan fingerprint density at radius 1 is 0.897 bits per heavy atom. The van der Waals surface area contributed by atoms with Crippen LogP contribution in [0.2, 0.25) is 0 Å². The molecule has 0 aliphatic heterocycles. The monoisotopic (exact) mass is 406 g/mol. The maximum atomic E-state index is 13.3. The van der Waals surface area contributed by atoms with E-state index in [2.05, 4.69) is 5.32 Å². The van der Waals surface area contributed by atoms with E-state index >= 15 is 0 Å². The third-order valence-electron chi connectivity index (χ3n) is 4.27. The molecule has 0 atom stereocenters. The second-order valence-corrected chi connectivity index (χ2v) is 8.07. The van der Waals surface area contributed by atoms with E-state index in [1.807, 2.05) is 36.4 Å². The fraction of sp³-hybridized carbons (Fsp3) is 0.0870. The lowest BCUT2D eigenvalue weighted by atomic mass is 10.2. The number of anilines is 2. The van der Waals surface area contributed by atoms with Crippen LogP contribution < -0.4 is 9.62 Å². The molecule has 0 saturated heterocycles. The highest BCUT2D eigenvalue weighted by atomic mass is 32.2. The van der Waals surface area contributed by atoms with Gasteiger partial charge in [0.2, 0.25) is 5.91 Å². The molecule has 3 aromatic carbocycles. The average Bonchev–Trinajstić information content (AvgIpc) is 2.74. The maximum absolute atomic E-state index is 13.3. The van der Waals surface area contributed by atoms with Crippen molar-refractivity contribution in [1.29, 1.82) is 0 Å². The van der Waals surface area contributed by atoms with Gasteiger partial charge in [0.15, 0.2) is 0 Å². The number of carbonyl (C=O) groups is 1. The van der Waals surface area contributed by atoms with Gasteiger partial charge in [0.05, 0.1) is 11.4 Å². The number of carbonyl (C=O) groups excluding carboxylic acids is 1. The smallest absolute Gasteiger partial charge is 0.266 e. The van der Waals surface area contributed by atoms with Gasteiger partial charge < -0.3 is 5.32 Å². The highest BCUT2D eigenvalue weighted by Crippen LogP contribution is 2.28. The molecule has 5 nitrogen and oxygen atoms in total. The summed E-state index contributed by atoms with van der Waals surface area (Å²) in [6, 6.07) is 24.7. The summed E-state index contributed by atoms with van der Waals surface area (Å²) in [5.41, 5.74) is 1.69. The molecule has 0 aromatic heterocycles. The first-order valence-electron chi connectivity index (χ1n) is 9.23.